The quantitative estimate of drug-likeness (QED) is 0.581. The number of fused-ring (bicyclic) bond motifs is 1. The zero-order chi connectivity index (χ0) is 24.4. The topological polar surface area (TPSA) is 100 Å². The molecule has 9 nitrogen and oxygen atoms in total. The predicted molar refractivity (Wildman–Crippen MR) is 132 cm³/mol. The molecular weight excluding hydrogens is 471 g/mol. The lowest BCUT2D eigenvalue weighted by molar-refractivity contribution is -0.137. The molecule has 0 radical (unpaired) electrons. The van der Waals surface area contributed by atoms with Gasteiger partial charge < -0.3 is 15.1 Å². The Morgan fingerprint density at radius 2 is 1.89 bits per heavy atom. The molecule has 35 heavy (non-hydrogen) atoms. The first kappa shape index (κ1) is 23.4. The van der Waals surface area contributed by atoms with Crippen LogP contribution in [0.4, 0.5) is 15.2 Å². The van der Waals surface area contributed by atoms with Gasteiger partial charge in [0.1, 0.15) is 23.4 Å². The van der Waals surface area contributed by atoms with E-state index in [4.69, 9.17) is 0 Å². The number of carbonyl (C=O) groups excluding carboxylic acids is 2. The minimum atomic E-state index is -0.458. The van der Waals surface area contributed by atoms with E-state index in [9.17, 15) is 18.8 Å². The molecule has 2 aromatic heterocycles. The Labute approximate surface area is 205 Å². The number of halogens is 1. The normalized spacial score (nSPS) is 17.1. The molecule has 4 heterocycles. The highest BCUT2D eigenvalue weighted by Gasteiger charge is 2.30. The van der Waals surface area contributed by atoms with E-state index < -0.39 is 11.7 Å². The van der Waals surface area contributed by atoms with E-state index in [1.165, 1.54) is 46.9 Å². The van der Waals surface area contributed by atoms with Gasteiger partial charge in [-0.3, -0.25) is 19.0 Å². The van der Waals surface area contributed by atoms with Gasteiger partial charge in [-0.25, -0.2) is 9.37 Å². The van der Waals surface area contributed by atoms with Crippen LogP contribution in [0.1, 0.15) is 32.1 Å². The Morgan fingerprint density at radius 3 is 2.63 bits per heavy atom. The standard InChI is InChI=1S/C24H27FN6O3S/c25-17-5-4-6-18(13-17)27-19(32)14-31-15-26-21-20(23(31)34)35-24(28-21)30-11-7-16(8-12-30)22(33)29-9-2-1-3-10-29/h4-6,13,15-16H,1-3,7-12,14H2,(H,27,32). The molecule has 1 aromatic carbocycles. The second-order valence-corrected chi connectivity index (χ2v) is 10.0. The second kappa shape index (κ2) is 10.1. The molecule has 1 N–H and O–H groups in total. The summed E-state index contributed by atoms with van der Waals surface area (Å²) in [7, 11) is 0. The van der Waals surface area contributed by atoms with Crippen LogP contribution in [0.5, 0.6) is 0 Å². The van der Waals surface area contributed by atoms with Crippen molar-refractivity contribution in [2.75, 3.05) is 36.4 Å². The summed E-state index contributed by atoms with van der Waals surface area (Å²) in [6, 6.07) is 5.56. The maximum absolute atomic E-state index is 13.3. The van der Waals surface area contributed by atoms with Gasteiger partial charge in [-0.2, -0.15) is 4.98 Å². The first-order valence-electron chi connectivity index (χ1n) is 11.9. The third-order valence-corrected chi connectivity index (χ3v) is 7.67. The lowest BCUT2D eigenvalue weighted by atomic mass is 9.94. The van der Waals surface area contributed by atoms with E-state index in [-0.39, 0.29) is 23.9 Å². The van der Waals surface area contributed by atoms with Gasteiger partial charge in [0.2, 0.25) is 11.8 Å². The molecule has 3 aromatic rings. The average Bonchev–Trinajstić information content (AvgIpc) is 3.31. The number of hydrogen-bond donors (Lipinski definition) is 1. The van der Waals surface area contributed by atoms with Crippen LogP contribution in [0.2, 0.25) is 0 Å². The van der Waals surface area contributed by atoms with Gasteiger partial charge in [0.25, 0.3) is 5.56 Å². The van der Waals surface area contributed by atoms with Crippen LogP contribution in [-0.2, 0) is 16.1 Å². The number of amides is 2. The summed E-state index contributed by atoms with van der Waals surface area (Å²) < 4.78 is 14.9. The fourth-order valence-electron chi connectivity index (χ4n) is 4.69. The third-order valence-electron chi connectivity index (χ3n) is 6.58. The van der Waals surface area contributed by atoms with Crippen molar-refractivity contribution < 1.29 is 14.0 Å². The first-order valence-corrected chi connectivity index (χ1v) is 12.7. The number of benzene rings is 1. The first-order chi connectivity index (χ1) is 17.0. The van der Waals surface area contributed by atoms with E-state index in [1.807, 2.05) is 4.90 Å². The zero-order valence-corrected chi connectivity index (χ0v) is 20.1. The summed E-state index contributed by atoms with van der Waals surface area (Å²) in [4.78, 5) is 51.1. The summed E-state index contributed by atoms with van der Waals surface area (Å²) in [5.74, 6) is -0.593. The smallest absolute Gasteiger partial charge is 0.273 e. The van der Waals surface area contributed by atoms with Crippen molar-refractivity contribution in [3.63, 3.8) is 0 Å². The van der Waals surface area contributed by atoms with Crippen LogP contribution in [-0.4, -0.2) is 57.4 Å². The van der Waals surface area contributed by atoms with Crippen LogP contribution >= 0.6 is 11.3 Å². The van der Waals surface area contributed by atoms with Gasteiger partial charge in [-0.1, -0.05) is 17.4 Å². The molecule has 0 atom stereocenters. The molecule has 2 aliphatic rings. The Bertz CT molecular complexity index is 1290. The van der Waals surface area contributed by atoms with Crippen molar-refractivity contribution in [2.24, 2.45) is 5.92 Å². The monoisotopic (exact) mass is 498 g/mol. The predicted octanol–water partition coefficient (Wildman–Crippen LogP) is 2.86. The minimum Gasteiger partial charge on any atom is -0.348 e. The molecule has 0 aliphatic carbocycles. The Hall–Kier alpha value is -3.34. The average molecular weight is 499 g/mol. The van der Waals surface area contributed by atoms with E-state index in [1.54, 1.807) is 6.07 Å². The number of anilines is 2. The number of aromatic nitrogens is 3. The highest BCUT2D eigenvalue weighted by molar-refractivity contribution is 7.22. The van der Waals surface area contributed by atoms with Crippen molar-refractivity contribution >= 4 is 44.3 Å². The lowest BCUT2D eigenvalue weighted by Gasteiger charge is -2.35. The van der Waals surface area contributed by atoms with Crippen LogP contribution < -0.4 is 15.8 Å². The van der Waals surface area contributed by atoms with Gasteiger partial charge in [0.15, 0.2) is 10.8 Å². The van der Waals surface area contributed by atoms with Gasteiger partial charge in [0.05, 0.1) is 0 Å². The minimum absolute atomic E-state index is 0.0469. The molecule has 11 heteroatoms. The number of hydrogen-bond acceptors (Lipinski definition) is 7. The van der Waals surface area contributed by atoms with E-state index >= 15 is 0 Å². The van der Waals surface area contributed by atoms with E-state index in [2.05, 4.69) is 20.2 Å². The third kappa shape index (κ3) is 5.19. The maximum Gasteiger partial charge on any atom is 0.273 e. The Kier molecular flexibility index (Phi) is 6.76. The fraction of sp³-hybridized carbons (Fsp3) is 0.458. The zero-order valence-electron chi connectivity index (χ0n) is 19.3. The van der Waals surface area contributed by atoms with Crippen molar-refractivity contribution in [1.29, 1.82) is 0 Å². The van der Waals surface area contributed by atoms with Gasteiger partial charge in [-0.05, 0) is 50.3 Å². The molecule has 0 bridgehead atoms. The molecule has 5 rings (SSSR count). The molecule has 2 aliphatic heterocycles. The summed E-state index contributed by atoms with van der Waals surface area (Å²) >= 11 is 1.26. The van der Waals surface area contributed by atoms with Crippen LogP contribution in [0.25, 0.3) is 10.3 Å². The van der Waals surface area contributed by atoms with Crippen molar-refractivity contribution in [2.45, 2.75) is 38.6 Å². The number of nitrogens with zero attached hydrogens (tertiary/aromatic N) is 5. The van der Waals surface area contributed by atoms with Gasteiger partial charge in [0, 0.05) is 37.8 Å². The second-order valence-electron chi connectivity index (χ2n) is 9.03. The number of thiazole rings is 1. The maximum atomic E-state index is 13.3. The van der Waals surface area contributed by atoms with E-state index in [0.29, 0.717) is 34.3 Å². The van der Waals surface area contributed by atoms with Crippen molar-refractivity contribution in [3.05, 3.63) is 46.8 Å². The molecule has 0 spiro atoms. The van der Waals surface area contributed by atoms with Crippen LogP contribution in [0, 0.1) is 11.7 Å². The number of carbonyl (C=O) groups is 2. The molecule has 184 valence electrons. The Morgan fingerprint density at radius 1 is 1.11 bits per heavy atom. The highest BCUT2D eigenvalue weighted by atomic mass is 32.1. The fourth-order valence-corrected chi connectivity index (χ4v) is 5.72. The summed E-state index contributed by atoms with van der Waals surface area (Å²) in [6.45, 7) is 2.91. The molecule has 0 unspecified atom stereocenters. The largest absolute Gasteiger partial charge is 0.348 e. The molecule has 0 saturated carbocycles. The number of piperidine rings is 2. The summed E-state index contributed by atoms with van der Waals surface area (Å²) in [5.41, 5.74) is 0.325. The number of rotatable bonds is 5. The van der Waals surface area contributed by atoms with Crippen molar-refractivity contribution in [1.82, 2.24) is 19.4 Å². The lowest BCUT2D eigenvalue weighted by Crippen LogP contribution is -2.44. The van der Waals surface area contributed by atoms with Crippen LogP contribution in [0.15, 0.2) is 35.4 Å². The number of nitrogens with one attached hydrogen (secondary N) is 1. The number of likely N-dealkylation sites (tertiary alicyclic amines) is 1. The summed E-state index contributed by atoms with van der Waals surface area (Å²) in [5, 5.41) is 3.29. The van der Waals surface area contributed by atoms with Crippen molar-refractivity contribution in [3.8, 4) is 0 Å². The molecule has 2 amide bonds. The van der Waals surface area contributed by atoms with Crippen LogP contribution in [0.3, 0.4) is 0 Å². The van der Waals surface area contributed by atoms with Gasteiger partial charge >= 0.3 is 0 Å². The SMILES string of the molecule is O=C(Cn1cnc2nc(N3CCC(C(=O)N4CCCCC4)CC3)sc2c1=O)Nc1cccc(F)c1. The molecule has 2 fully saturated rings. The molecular formula is C24H27FN6O3S. The summed E-state index contributed by atoms with van der Waals surface area (Å²) in [6.07, 6.45) is 6.23. The van der Waals surface area contributed by atoms with E-state index in [0.717, 1.165) is 38.8 Å². The highest BCUT2D eigenvalue weighted by Crippen LogP contribution is 2.30. The molecule has 2 saturated heterocycles. The Balaban J connectivity index is 1.24. The van der Waals surface area contributed by atoms with Gasteiger partial charge in [-0.15, -0.1) is 0 Å².